The van der Waals surface area contributed by atoms with Gasteiger partial charge in [0.05, 0.1) is 10.2 Å². The molecule has 0 aliphatic carbocycles. The first-order valence-corrected chi connectivity index (χ1v) is 19.9. The number of thiazole rings is 1. The van der Waals surface area contributed by atoms with Gasteiger partial charge in [-0.05, 0) is 83.9 Å². The molecule has 0 N–H and O–H groups in total. The zero-order valence-electron chi connectivity index (χ0n) is 29.2. The number of hydrogen-bond acceptors (Lipinski definition) is 6. The molecule has 0 amide bonds. The zero-order valence-corrected chi connectivity index (χ0v) is 30.8. The third-order valence-electron chi connectivity index (χ3n) is 10.7. The fraction of sp³-hybridized carbons (Fsp3) is 0. The zero-order chi connectivity index (χ0) is 36.0. The van der Waals surface area contributed by atoms with Crippen LogP contribution < -0.4 is 4.90 Å². The van der Waals surface area contributed by atoms with E-state index in [-0.39, 0.29) is 0 Å². The number of anilines is 3. The summed E-state index contributed by atoms with van der Waals surface area (Å²) in [6.45, 7) is 0. The molecule has 0 saturated carbocycles. The van der Waals surface area contributed by atoms with Gasteiger partial charge in [-0.3, -0.25) is 0 Å². The monoisotopic (exact) mass is 740 g/mol. The number of para-hydroxylation sites is 2. The van der Waals surface area contributed by atoms with Crippen molar-refractivity contribution in [2.75, 3.05) is 4.90 Å². The highest BCUT2D eigenvalue weighted by Gasteiger charge is 2.19. The third-order valence-corrected chi connectivity index (χ3v) is 12.9. The van der Waals surface area contributed by atoms with Crippen molar-refractivity contribution in [3.63, 3.8) is 0 Å². The van der Waals surface area contributed by atoms with Crippen LogP contribution in [-0.4, -0.2) is 4.98 Å². The smallest absolute Gasteiger partial charge is 0.137 e. The van der Waals surface area contributed by atoms with E-state index < -0.39 is 0 Å². The average molecular weight is 741 g/mol. The minimum Gasteiger partial charge on any atom is -0.456 e. The second kappa shape index (κ2) is 11.9. The van der Waals surface area contributed by atoms with Gasteiger partial charge in [0.1, 0.15) is 27.3 Å². The molecule has 6 heteroatoms. The second-order valence-corrected chi connectivity index (χ2v) is 16.0. The summed E-state index contributed by atoms with van der Waals surface area (Å²) in [5, 5.41) is 7.98. The van der Waals surface area contributed by atoms with Crippen molar-refractivity contribution in [2.45, 2.75) is 0 Å². The van der Waals surface area contributed by atoms with Crippen LogP contribution in [0.25, 0.3) is 96.0 Å². The van der Waals surface area contributed by atoms with E-state index in [1.807, 2.05) is 35.6 Å². The summed E-state index contributed by atoms with van der Waals surface area (Å²) < 4.78 is 16.3. The second-order valence-electron chi connectivity index (χ2n) is 13.9. The van der Waals surface area contributed by atoms with E-state index in [2.05, 4.69) is 150 Å². The van der Waals surface area contributed by atoms with Crippen molar-refractivity contribution in [3.8, 4) is 21.7 Å². The first kappa shape index (κ1) is 30.7. The Morgan fingerprint density at radius 1 is 0.382 bits per heavy atom. The third kappa shape index (κ3) is 4.85. The van der Waals surface area contributed by atoms with Crippen molar-refractivity contribution >= 4 is 114 Å². The molecule has 0 atom stereocenters. The molecule has 12 rings (SSSR count). The van der Waals surface area contributed by atoms with Gasteiger partial charge in [0.2, 0.25) is 0 Å². The maximum atomic E-state index is 6.37. The molecule has 258 valence electrons. The molecule has 0 saturated heterocycles. The number of furan rings is 2. The van der Waals surface area contributed by atoms with Crippen LogP contribution in [0, 0.1) is 0 Å². The number of fused-ring (bicyclic) bond motifs is 11. The fourth-order valence-corrected chi connectivity index (χ4v) is 10.2. The summed E-state index contributed by atoms with van der Waals surface area (Å²) in [5.41, 5.74) is 11.2. The average Bonchev–Trinajstić information content (AvgIpc) is 4.02. The van der Waals surface area contributed by atoms with E-state index >= 15 is 0 Å². The molecular formula is C49H28N2O2S2. The van der Waals surface area contributed by atoms with Gasteiger partial charge in [-0.15, -0.1) is 22.7 Å². The molecule has 0 aliphatic heterocycles. The molecule has 8 aromatic carbocycles. The van der Waals surface area contributed by atoms with Crippen molar-refractivity contribution in [1.29, 1.82) is 0 Å². The summed E-state index contributed by atoms with van der Waals surface area (Å²) >= 11 is 3.60. The number of benzene rings is 8. The predicted octanol–water partition coefficient (Wildman–Crippen LogP) is 15.3. The van der Waals surface area contributed by atoms with Crippen LogP contribution in [0.4, 0.5) is 17.1 Å². The lowest BCUT2D eigenvalue weighted by atomic mass is 10.0. The van der Waals surface area contributed by atoms with Crippen LogP contribution in [0.3, 0.4) is 0 Å². The van der Waals surface area contributed by atoms with Crippen LogP contribution in [-0.2, 0) is 0 Å². The minimum atomic E-state index is 0.859. The molecule has 55 heavy (non-hydrogen) atoms. The SMILES string of the molecule is c1ccc(-c2nc3c(ccc4sc5cc(-c6ccc(N(c7ccc8c(c7)oc7ccccc78)c7ccc8oc9ccccc9c8c7)cc6)ccc5c43)s2)cc1. The van der Waals surface area contributed by atoms with Gasteiger partial charge in [-0.25, -0.2) is 4.98 Å². The van der Waals surface area contributed by atoms with Crippen LogP contribution >= 0.6 is 22.7 Å². The van der Waals surface area contributed by atoms with E-state index in [0.717, 1.165) is 82.6 Å². The Morgan fingerprint density at radius 3 is 1.84 bits per heavy atom. The highest BCUT2D eigenvalue weighted by molar-refractivity contribution is 7.26. The summed E-state index contributed by atoms with van der Waals surface area (Å²) in [5.74, 6) is 0. The summed E-state index contributed by atoms with van der Waals surface area (Å²) in [7, 11) is 0. The normalized spacial score (nSPS) is 12.0. The maximum absolute atomic E-state index is 6.37. The summed E-state index contributed by atoms with van der Waals surface area (Å²) in [6.07, 6.45) is 0. The van der Waals surface area contributed by atoms with Crippen molar-refractivity contribution in [2.24, 2.45) is 0 Å². The van der Waals surface area contributed by atoms with Gasteiger partial charge in [0.25, 0.3) is 0 Å². The van der Waals surface area contributed by atoms with Gasteiger partial charge in [-0.1, -0.05) is 91.0 Å². The van der Waals surface area contributed by atoms with Gasteiger partial charge in [0, 0.05) is 70.4 Å². The first-order valence-electron chi connectivity index (χ1n) is 18.3. The number of aromatic nitrogens is 1. The standard InChI is InChI=1S/C49H28N2O2S2/c1-2-8-30(9-3-1)49-50-48-45(55-49)25-24-44-47(48)38-21-16-31(26-46(38)54-44)29-14-17-32(18-15-29)51(33-20-23-42-39(27-33)36-11-5-7-13-41(36)52-42)34-19-22-37-35-10-4-6-12-40(35)53-43(37)28-34/h1-28H. The molecule has 0 fully saturated rings. The van der Waals surface area contributed by atoms with Gasteiger partial charge >= 0.3 is 0 Å². The van der Waals surface area contributed by atoms with Crippen molar-refractivity contribution in [1.82, 2.24) is 4.98 Å². The topological polar surface area (TPSA) is 42.4 Å². The Hall–Kier alpha value is -6.73. The maximum Gasteiger partial charge on any atom is 0.137 e. The highest BCUT2D eigenvalue weighted by atomic mass is 32.1. The van der Waals surface area contributed by atoms with Crippen LogP contribution in [0.5, 0.6) is 0 Å². The first-order chi connectivity index (χ1) is 27.2. The van der Waals surface area contributed by atoms with E-state index in [9.17, 15) is 0 Å². The highest BCUT2D eigenvalue weighted by Crippen LogP contribution is 2.44. The number of rotatable bonds is 5. The van der Waals surface area contributed by atoms with E-state index in [0.29, 0.717) is 0 Å². The van der Waals surface area contributed by atoms with Gasteiger partial charge in [0.15, 0.2) is 0 Å². The van der Waals surface area contributed by atoms with Crippen LogP contribution in [0.15, 0.2) is 179 Å². The number of thiophene rings is 1. The Kier molecular flexibility index (Phi) is 6.64. The fourth-order valence-electron chi connectivity index (χ4n) is 8.09. The van der Waals surface area contributed by atoms with Gasteiger partial charge in [-0.2, -0.15) is 0 Å². The molecule has 4 heterocycles. The molecular weight excluding hydrogens is 713 g/mol. The molecule has 0 spiro atoms. The van der Waals surface area contributed by atoms with Crippen molar-refractivity contribution in [3.05, 3.63) is 170 Å². The number of nitrogens with zero attached hydrogens (tertiary/aromatic N) is 2. The largest absolute Gasteiger partial charge is 0.456 e. The molecule has 0 aliphatic rings. The van der Waals surface area contributed by atoms with Crippen LogP contribution in [0.1, 0.15) is 0 Å². The van der Waals surface area contributed by atoms with E-state index in [1.54, 1.807) is 11.3 Å². The van der Waals surface area contributed by atoms with E-state index in [1.165, 1.54) is 30.4 Å². The Balaban J connectivity index is 0.961. The molecule has 0 bridgehead atoms. The minimum absolute atomic E-state index is 0.859. The van der Waals surface area contributed by atoms with Crippen LogP contribution in [0.2, 0.25) is 0 Å². The lowest BCUT2D eigenvalue weighted by Gasteiger charge is -2.25. The molecule has 0 radical (unpaired) electrons. The molecule has 4 aromatic heterocycles. The summed E-state index contributed by atoms with van der Waals surface area (Å²) in [6, 6.07) is 60.1. The number of hydrogen-bond donors (Lipinski definition) is 0. The Labute approximate surface area is 322 Å². The Morgan fingerprint density at radius 2 is 1.00 bits per heavy atom. The van der Waals surface area contributed by atoms with E-state index in [4.69, 9.17) is 13.8 Å². The predicted molar refractivity (Wildman–Crippen MR) is 233 cm³/mol. The van der Waals surface area contributed by atoms with Crippen molar-refractivity contribution < 1.29 is 8.83 Å². The lowest BCUT2D eigenvalue weighted by molar-refractivity contribution is 0.668. The molecule has 4 nitrogen and oxygen atoms in total. The van der Waals surface area contributed by atoms with Gasteiger partial charge < -0.3 is 13.7 Å². The molecule has 12 aromatic rings. The quantitative estimate of drug-likeness (QED) is 0.176. The molecule has 0 unspecified atom stereocenters. The summed E-state index contributed by atoms with van der Waals surface area (Å²) in [4.78, 5) is 7.46. The lowest BCUT2D eigenvalue weighted by Crippen LogP contribution is -2.09. The Bertz CT molecular complexity index is 3440.